The topological polar surface area (TPSA) is 161 Å². The number of nitrogens with zero attached hydrogens (tertiary/aromatic N) is 1. The minimum atomic E-state index is -0.936. The first-order chi connectivity index (χ1) is 18.8. The number of hydrogen-bond acceptors (Lipinski definition) is 5. The Labute approximate surface area is 226 Å². The molecule has 202 valence electrons. The van der Waals surface area contributed by atoms with Crippen LogP contribution in [0.5, 0.6) is 5.75 Å². The van der Waals surface area contributed by atoms with Gasteiger partial charge in [-0.05, 0) is 47.7 Å². The maximum Gasteiger partial charge on any atom is 0.255 e. The Bertz CT molecular complexity index is 1330. The summed E-state index contributed by atoms with van der Waals surface area (Å²) in [4.78, 5) is 41.9. The van der Waals surface area contributed by atoms with E-state index in [0.717, 1.165) is 11.1 Å². The van der Waals surface area contributed by atoms with Gasteiger partial charge in [0.15, 0.2) is 5.96 Å². The van der Waals surface area contributed by atoms with Crippen LogP contribution >= 0.6 is 0 Å². The van der Waals surface area contributed by atoms with Crippen LogP contribution in [0.3, 0.4) is 0 Å². The fourth-order valence-electron chi connectivity index (χ4n) is 4.57. The maximum absolute atomic E-state index is 13.8. The highest BCUT2D eigenvalue weighted by atomic mass is 16.3. The third-order valence-electron chi connectivity index (χ3n) is 6.55. The van der Waals surface area contributed by atoms with Crippen LogP contribution in [0, 0.1) is 5.41 Å². The molecule has 0 spiro atoms. The van der Waals surface area contributed by atoms with Crippen molar-refractivity contribution in [3.63, 3.8) is 0 Å². The van der Waals surface area contributed by atoms with Gasteiger partial charge in [-0.3, -0.25) is 19.8 Å². The molecule has 0 radical (unpaired) electrons. The van der Waals surface area contributed by atoms with Gasteiger partial charge >= 0.3 is 0 Å². The molecule has 3 aromatic rings. The Morgan fingerprint density at radius 1 is 0.949 bits per heavy atom. The number of aromatic hydroxyl groups is 1. The minimum absolute atomic E-state index is 0.124. The zero-order valence-electron chi connectivity index (χ0n) is 21.4. The average molecular weight is 529 g/mol. The lowest BCUT2D eigenvalue weighted by molar-refractivity contribution is -0.132. The van der Waals surface area contributed by atoms with Crippen LogP contribution in [-0.2, 0) is 22.7 Å². The van der Waals surface area contributed by atoms with Crippen LogP contribution in [0.1, 0.15) is 45.9 Å². The van der Waals surface area contributed by atoms with Crippen LogP contribution in [0.15, 0.2) is 78.9 Å². The molecule has 10 nitrogen and oxygen atoms in total. The van der Waals surface area contributed by atoms with Crippen molar-refractivity contribution in [1.82, 2.24) is 20.9 Å². The molecular weight excluding hydrogens is 496 g/mol. The summed E-state index contributed by atoms with van der Waals surface area (Å²) in [5.74, 6) is -1.15. The molecule has 3 aromatic carbocycles. The standard InChI is InChI=1S/C29H32N6O4/c30-29(31)32-16-6-11-24(26(37)33-17-19-12-14-22(36)15-13-19)34-27(38)25(20-7-2-1-3-8-20)35-18-21-9-4-5-10-23(21)28(35)39/h1-5,7-10,12-15,24-25,36H,6,11,16-18H2,(H,33,37)(H,34,38)(H4,30,31,32)/t24-,25+/m1/s1. The lowest BCUT2D eigenvalue weighted by Gasteiger charge is -2.29. The lowest BCUT2D eigenvalue weighted by Crippen LogP contribution is -2.50. The molecule has 0 fully saturated rings. The summed E-state index contributed by atoms with van der Waals surface area (Å²) in [6, 6.07) is 20.9. The van der Waals surface area contributed by atoms with E-state index in [9.17, 15) is 19.5 Å². The summed E-state index contributed by atoms with van der Waals surface area (Å²) in [6.45, 7) is 0.844. The first-order valence-electron chi connectivity index (χ1n) is 12.7. The van der Waals surface area contributed by atoms with E-state index in [4.69, 9.17) is 11.1 Å². The normalized spacial score (nSPS) is 13.7. The number of phenolic OH excluding ortho intramolecular Hbond substituents is 1. The van der Waals surface area contributed by atoms with Gasteiger partial charge < -0.3 is 31.7 Å². The summed E-state index contributed by atoms with van der Waals surface area (Å²) < 4.78 is 0. The van der Waals surface area contributed by atoms with Gasteiger partial charge in [-0.25, -0.2) is 0 Å². The highest BCUT2D eigenvalue weighted by Gasteiger charge is 2.38. The SMILES string of the molecule is N=C(N)NCCC[C@@H](NC(=O)[C@H](c1ccccc1)N1Cc2ccccc2C1=O)C(=O)NCc1ccc(O)cc1. The van der Waals surface area contributed by atoms with E-state index >= 15 is 0 Å². The molecule has 1 aliphatic rings. The molecule has 0 aromatic heterocycles. The number of amides is 3. The summed E-state index contributed by atoms with van der Waals surface area (Å²) >= 11 is 0. The van der Waals surface area contributed by atoms with Crippen molar-refractivity contribution in [3.05, 3.63) is 101 Å². The highest BCUT2D eigenvalue weighted by molar-refractivity contribution is 6.01. The van der Waals surface area contributed by atoms with Gasteiger partial charge in [-0.15, -0.1) is 0 Å². The fourth-order valence-corrected chi connectivity index (χ4v) is 4.57. The van der Waals surface area contributed by atoms with E-state index in [1.165, 1.54) is 17.0 Å². The number of rotatable bonds is 11. The lowest BCUT2D eigenvalue weighted by atomic mass is 10.0. The number of benzene rings is 3. The predicted molar refractivity (Wildman–Crippen MR) is 147 cm³/mol. The molecule has 0 aliphatic carbocycles. The second-order valence-electron chi connectivity index (χ2n) is 9.33. The largest absolute Gasteiger partial charge is 0.508 e. The zero-order chi connectivity index (χ0) is 27.8. The fraction of sp³-hybridized carbons (Fsp3) is 0.241. The van der Waals surface area contributed by atoms with Gasteiger partial charge in [0.1, 0.15) is 17.8 Å². The Hall–Kier alpha value is -4.86. The molecule has 1 heterocycles. The smallest absolute Gasteiger partial charge is 0.255 e. The van der Waals surface area contributed by atoms with Crippen molar-refractivity contribution in [2.45, 2.75) is 38.0 Å². The Morgan fingerprint density at radius 3 is 2.33 bits per heavy atom. The molecule has 4 rings (SSSR count). The number of nitrogens with one attached hydrogen (secondary N) is 4. The minimum Gasteiger partial charge on any atom is -0.508 e. The predicted octanol–water partition coefficient (Wildman–Crippen LogP) is 2.15. The first-order valence-corrected chi connectivity index (χ1v) is 12.7. The average Bonchev–Trinajstić information content (AvgIpc) is 3.26. The number of hydrogen-bond donors (Lipinski definition) is 6. The number of nitrogens with two attached hydrogens (primary N) is 1. The van der Waals surface area contributed by atoms with E-state index in [2.05, 4.69) is 16.0 Å². The molecule has 7 N–H and O–H groups in total. The molecule has 10 heteroatoms. The zero-order valence-corrected chi connectivity index (χ0v) is 21.4. The van der Waals surface area contributed by atoms with Crippen LogP contribution in [-0.4, -0.2) is 46.3 Å². The van der Waals surface area contributed by atoms with Crippen molar-refractivity contribution in [1.29, 1.82) is 5.41 Å². The molecular formula is C29H32N6O4. The van der Waals surface area contributed by atoms with Gasteiger partial charge in [-0.2, -0.15) is 0 Å². The van der Waals surface area contributed by atoms with Crippen molar-refractivity contribution in [2.75, 3.05) is 6.54 Å². The van der Waals surface area contributed by atoms with Gasteiger partial charge in [0, 0.05) is 25.2 Å². The monoisotopic (exact) mass is 528 g/mol. The molecule has 2 atom stereocenters. The summed E-state index contributed by atoms with van der Waals surface area (Å²) in [7, 11) is 0. The second-order valence-corrected chi connectivity index (χ2v) is 9.33. The molecule has 0 bridgehead atoms. The molecule has 39 heavy (non-hydrogen) atoms. The number of carbonyl (C=O) groups excluding carboxylic acids is 3. The molecule has 1 aliphatic heterocycles. The molecule has 0 unspecified atom stereocenters. The van der Waals surface area contributed by atoms with Crippen molar-refractivity contribution in [3.8, 4) is 5.75 Å². The molecule has 3 amide bonds. The number of guanidine groups is 1. The van der Waals surface area contributed by atoms with Gasteiger partial charge in [0.25, 0.3) is 5.91 Å². The van der Waals surface area contributed by atoms with E-state index in [-0.39, 0.29) is 43.0 Å². The van der Waals surface area contributed by atoms with Crippen molar-refractivity contribution >= 4 is 23.7 Å². The quantitative estimate of drug-likeness (QED) is 0.127. The number of fused-ring (bicyclic) bond motifs is 1. The Balaban J connectivity index is 1.53. The Kier molecular flexibility index (Phi) is 8.78. The number of phenols is 1. The summed E-state index contributed by atoms with van der Waals surface area (Å²) in [6.07, 6.45) is 0.740. The van der Waals surface area contributed by atoms with Crippen LogP contribution in [0.25, 0.3) is 0 Å². The third kappa shape index (κ3) is 6.92. The highest BCUT2D eigenvalue weighted by Crippen LogP contribution is 2.31. The van der Waals surface area contributed by atoms with Crippen molar-refractivity contribution < 1.29 is 19.5 Å². The van der Waals surface area contributed by atoms with Crippen molar-refractivity contribution in [2.24, 2.45) is 5.73 Å². The van der Waals surface area contributed by atoms with Gasteiger partial charge in [0.05, 0.1) is 0 Å². The van der Waals surface area contributed by atoms with E-state index in [1.54, 1.807) is 48.5 Å². The Morgan fingerprint density at radius 2 is 1.64 bits per heavy atom. The van der Waals surface area contributed by atoms with E-state index in [0.29, 0.717) is 24.1 Å². The first kappa shape index (κ1) is 27.2. The van der Waals surface area contributed by atoms with Gasteiger partial charge in [-0.1, -0.05) is 60.7 Å². The third-order valence-corrected chi connectivity index (χ3v) is 6.55. The van der Waals surface area contributed by atoms with Crippen LogP contribution in [0.2, 0.25) is 0 Å². The van der Waals surface area contributed by atoms with E-state index in [1.807, 2.05) is 18.2 Å². The van der Waals surface area contributed by atoms with Crippen LogP contribution < -0.4 is 21.7 Å². The second kappa shape index (κ2) is 12.6. The summed E-state index contributed by atoms with van der Waals surface area (Å²) in [5, 5.41) is 25.3. The molecule has 0 saturated carbocycles. The molecule has 0 saturated heterocycles. The van der Waals surface area contributed by atoms with Crippen LogP contribution in [0.4, 0.5) is 0 Å². The summed E-state index contributed by atoms with van der Waals surface area (Å²) in [5.41, 5.74) is 8.19. The van der Waals surface area contributed by atoms with Gasteiger partial charge in [0.2, 0.25) is 11.8 Å². The van der Waals surface area contributed by atoms with E-state index < -0.39 is 18.0 Å². The number of carbonyl (C=O) groups is 3. The maximum atomic E-state index is 13.8.